The third-order valence-electron chi connectivity index (χ3n) is 6.40. The highest BCUT2D eigenvalue weighted by atomic mass is 28.4. The van der Waals surface area contributed by atoms with Gasteiger partial charge in [-0.2, -0.15) is 5.10 Å². The van der Waals surface area contributed by atoms with Crippen molar-refractivity contribution in [1.82, 2.24) is 9.78 Å². The molecule has 0 saturated carbocycles. The van der Waals surface area contributed by atoms with Gasteiger partial charge in [0.1, 0.15) is 5.69 Å². The van der Waals surface area contributed by atoms with Crippen LogP contribution in [0.4, 0.5) is 5.69 Å². The number of aromatic nitrogens is 2. The molecule has 5 nitrogen and oxygen atoms in total. The lowest BCUT2D eigenvalue weighted by Gasteiger charge is -2.39. The lowest BCUT2D eigenvalue weighted by Crippen LogP contribution is -2.46. The Morgan fingerprint density at radius 3 is 2.03 bits per heavy atom. The number of hydrogen-bond acceptors (Lipinski definition) is 4. The third-order valence-corrected chi connectivity index (χ3v) is 10.9. The van der Waals surface area contributed by atoms with Crippen LogP contribution < -0.4 is 0 Å². The molecule has 176 valence electrons. The van der Waals surface area contributed by atoms with Crippen LogP contribution in [0.2, 0.25) is 18.1 Å². The van der Waals surface area contributed by atoms with E-state index in [1.807, 2.05) is 47.3 Å². The standard InChI is InChI=1S/C27H37N3O2Si/c1-21-25(29-26(22-14-10-8-11-15-22)23-16-12-9-13-17-23)18-28-30(21)19-24(20-31-5)32-33(6,7)27(2,3)4/h8-18,24H,19-20H2,1-7H3/t24-/m1/s1. The van der Waals surface area contributed by atoms with Crippen LogP contribution in [0.15, 0.2) is 71.9 Å². The molecular weight excluding hydrogens is 426 g/mol. The highest BCUT2D eigenvalue weighted by molar-refractivity contribution is 6.74. The second kappa shape index (κ2) is 10.6. The average molecular weight is 464 g/mol. The molecule has 3 aromatic rings. The van der Waals surface area contributed by atoms with Crippen molar-refractivity contribution < 1.29 is 9.16 Å². The van der Waals surface area contributed by atoms with Gasteiger partial charge >= 0.3 is 0 Å². The van der Waals surface area contributed by atoms with Crippen LogP contribution in [0.3, 0.4) is 0 Å². The number of ether oxygens (including phenoxy) is 1. The second-order valence-corrected chi connectivity index (χ2v) is 14.7. The molecule has 33 heavy (non-hydrogen) atoms. The van der Waals surface area contributed by atoms with Crippen molar-refractivity contribution in [2.75, 3.05) is 13.7 Å². The molecule has 0 fully saturated rings. The van der Waals surface area contributed by atoms with Crippen molar-refractivity contribution in [2.24, 2.45) is 4.99 Å². The van der Waals surface area contributed by atoms with E-state index in [4.69, 9.17) is 14.2 Å². The molecule has 1 atom stereocenters. The maximum absolute atomic E-state index is 6.65. The number of hydrogen-bond donors (Lipinski definition) is 0. The van der Waals surface area contributed by atoms with Crippen molar-refractivity contribution in [1.29, 1.82) is 0 Å². The fraction of sp³-hybridized carbons (Fsp3) is 0.407. The van der Waals surface area contributed by atoms with Crippen LogP contribution in [-0.4, -0.2) is 43.6 Å². The van der Waals surface area contributed by atoms with E-state index in [1.165, 1.54) is 0 Å². The molecule has 1 heterocycles. The molecule has 2 aromatic carbocycles. The van der Waals surface area contributed by atoms with Crippen molar-refractivity contribution in [3.05, 3.63) is 83.7 Å². The zero-order valence-corrected chi connectivity index (χ0v) is 22.0. The quantitative estimate of drug-likeness (QED) is 0.273. The molecule has 0 aliphatic heterocycles. The summed E-state index contributed by atoms with van der Waals surface area (Å²) >= 11 is 0. The van der Waals surface area contributed by atoms with E-state index in [0.717, 1.165) is 28.2 Å². The lowest BCUT2D eigenvalue weighted by atomic mass is 10.0. The third kappa shape index (κ3) is 6.28. The van der Waals surface area contributed by atoms with Crippen molar-refractivity contribution in [3.8, 4) is 0 Å². The Kier molecular flexibility index (Phi) is 8.05. The Morgan fingerprint density at radius 1 is 1.00 bits per heavy atom. The van der Waals surface area contributed by atoms with E-state index in [1.54, 1.807) is 7.11 Å². The number of methoxy groups -OCH3 is 1. The minimum Gasteiger partial charge on any atom is -0.410 e. The first-order chi connectivity index (χ1) is 15.6. The fourth-order valence-electron chi connectivity index (χ4n) is 3.43. The molecule has 3 rings (SSSR count). The van der Waals surface area contributed by atoms with E-state index >= 15 is 0 Å². The average Bonchev–Trinajstić information content (AvgIpc) is 3.11. The predicted octanol–water partition coefficient (Wildman–Crippen LogP) is 6.40. The summed E-state index contributed by atoms with van der Waals surface area (Å²) in [5.74, 6) is 0. The second-order valence-electron chi connectivity index (χ2n) is 9.95. The highest BCUT2D eigenvalue weighted by Gasteiger charge is 2.39. The Balaban J connectivity index is 1.91. The summed E-state index contributed by atoms with van der Waals surface area (Å²) in [5.41, 5.74) is 4.97. The summed E-state index contributed by atoms with van der Waals surface area (Å²) in [5, 5.41) is 4.79. The monoisotopic (exact) mass is 463 g/mol. The van der Waals surface area contributed by atoms with Crippen molar-refractivity contribution >= 4 is 19.7 Å². The molecule has 0 unspecified atom stereocenters. The zero-order valence-electron chi connectivity index (χ0n) is 21.0. The minimum atomic E-state index is -1.93. The smallest absolute Gasteiger partial charge is 0.192 e. The number of rotatable bonds is 9. The first kappa shape index (κ1) is 25.1. The van der Waals surface area contributed by atoms with Gasteiger partial charge in [-0.15, -0.1) is 0 Å². The Labute approximate surface area is 199 Å². The summed E-state index contributed by atoms with van der Waals surface area (Å²) in [6.45, 7) is 14.5. The number of aliphatic imine (C=N–C) groups is 1. The largest absolute Gasteiger partial charge is 0.410 e. The lowest BCUT2D eigenvalue weighted by molar-refractivity contribution is 0.0582. The first-order valence-corrected chi connectivity index (χ1v) is 14.4. The summed E-state index contributed by atoms with van der Waals surface area (Å²) in [6, 6.07) is 20.6. The Bertz CT molecular complexity index is 1010. The molecule has 0 radical (unpaired) electrons. The Hall–Kier alpha value is -2.54. The first-order valence-electron chi connectivity index (χ1n) is 11.5. The molecule has 0 N–H and O–H groups in total. The van der Waals surface area contributed by atoms with Crippen LogP contribution in [-0.2, 0) is 15.7 Å². The normalized spacial score (nSPS) is 13.1. The molecule has 0 aliphatic carbocycles. The summed E-state index contributed by atoms with van der Waals surface area (Å²) in [6.07, 6.45) is 1.78. The van der Waals surface area contributed by atoms with Gasteiger partial charge in [0.15, 0.2) is 8.32 Å². The molecule has 0 aliphatic rings. The fourth-order valence-corrected chi connectivity index (χ4v) is 4.76. The van der Waals surface area contributed by atoms with Crippen LogP contribution in [0, 0.1) is 6.92 Å². The topological polar surface area (TPSA) is 48.6 Å². The summed E-state index contributed by atoms with van der Waals surface area (Å²) < 4.78 is 14.1. The molecule has 6 heteroatoms. The predicted molar refractivity (Wildman–Crippen MR) is 139 cm³/mol. The minimum absolute atomic E-state index is 0.0611. The molecule has 0 spiro atoms. The Morgan fingerprint density at radius 2 is 1.55 bits per heavy atom. The molecule has 0 saturated heterocycles. The van der Waals surface area contributed by atoms with E-state index < -0.39 is 8.32 Å². The van der Waals surface area contributed by atoms with Gasteiger partial charge in [-0.25, -0.2) is 4.99 Å². The van der Waals surface area contributed by atoms with Gasteiger partial charge < -0.3 is 9.16 Å². The van der Waals surface area contributed by atoms with E-state index in [0.29, 0.717) is 13.2 Å². The highest BCUT2D eigenvalue weighted by Crippen LogP contribution is 2.37. The van der Waals surface area contributed by atoms with Gasteiger partial charge in [0.2, 0.25) is 0 Å². The molecular formula is C27H37N3O2Si. The maximum Gasteiger partial charge on any atom is 0.192 e. The SMILES string of the molecule is COC[C@@H](Cn1ncc(N=C(c2ccccc2)c2ccccc2)c1C)O[Si](C)(C)C(C)(C)C. The van der Waals surface area contributed by atoms with Crippen LogP contribution >= 0.6 is 0 Å². The number of nitrogens with zero attached hydrogens (tertiary/aromatic N) is 3. The van der Waals surface area contributed by atoms with Gasteiger partial charge in [-0.1, -0.05) is 81.4 Å². The van der Waals surface area contributed by atoms with Crippen LogP contribution in [0.5, 0.6) is 0 Å². The van der Waals surface area contributed by atoms with Gasteiger partial charge in [-0.05, 0) is 25.1 Å². The maximum atomic E-state index is 6.65. The van der Waals surface area contributed by atoms with E-state index in [9.17, 15) is 0 Å². The zero-order chi connectivity index (χ0) is 24.1. The summed E-state index contributed by atoms with van der Waals surface area (Å²) in [4.78, 5) is 5.06. The van der Waals surface area contributed by atoms with Gasteiger partial charge in [0.05, 0.1) is 36.9 Å². The van der Waals surface area contributed by atoms with Crippen LogP contribution in [0.1, 0.15) is 37.6 Å². The molecule has 1 aromatic heterocycles. The van der Waals surface area contributed by atoms with Crippen molar-refractivity contribution in [2.45, 2.75) is 58.5 Å². The van der Waals surface area contributed by atoms with E-state index in [2.05, 4.69) is 70.2 Å². The molecule has 0 bridgehead atoms. The van der Waals surface area contributed by atoms with Gasteiger partial charge in [0, 0.05) is 18.2 Å². The van der Waals surface area contributed by atoms with Gasteiger partial charge in [-0.3, -0.25) is 4.68 Å². The number of benzene rings is 2. The summed E-state index contributed by atoms with van der Waals surface area (Å²) in [7, 11) is -0.211. The van der Waals surface area contributed by atoms with Crippen LogP contribution in [0.25, 0.3) is 0 Å². The molecule has 0 amide bonds. The van der Waals surface area contributed by atoms with E-state index in [-0.39, 0.29) is 11.1 Å². The van der Waals surface area contributed by atoms with Crippen molar-refractivity contribution in [3.63, 3.8) is 0 Å². The van der Waals surface area contributed by atoms with Gasteiger partial charge in [0.25, 0.3) is 0 Å².